The maximum Gasteiger partial charge on any atom is 0.233 e. The quantitative estimate of drug-likeness (QED) is 0.687. The molecule has 0 aliphatic rings. The topological polar surface area (TPSA) is 51.0 Å². The summed E-state index contributed by atoms with van der Waals surface area (Å²) in [5.41, 5.74) is 0.999. The highest BCUT2D eigenvalue weighted by molar-refractivity contribution is 7.99. The Morgan fingerprint density at radius 3 is 2.33 bits per heavy atom. The van der Waals surface area contributed by atoms with Crippen LogP contribution >= 0.6 is 11.8 Å². The van der Waals surface area contributed by atoms with Crippen molar-refractivity contribution >= 4 is 17.7 Å². The third kappa shape index (κ3) is 5.37. The molecule has 0 radical (unpaired) electrons. The van der Waals surface area contributed by atoms with Crippen molar-refractivity contribution in [3.05, 3.63) is 36.7 Å². The minimum Gasteiger partial charge on any atom is -0.341 e. The molecule has 0 fully saturated rings. The van der Waals surface area contributed by atoms with Crippen molar-refractivity contribution in [1.82, 2.24) is 19.7 Å². The summed E-state index contributed by atoms with van der Waals surface area (Å²) in [6.45, 7) is 10.1. The first-order valence-electron chi connectivity index (χ1n) is 8.33. The van der Waals surface area contributed by atoms with Crippen molar-refractivity contribution in [3.8, 4) is 5.69 Å². The number of benzene rings is 1. The first kappa shape index (κ1) is 18.5. The van der Waals surface area contributed by atoms with Gasteiger partial charge in [-0.1, -0.05) is 57.7 Å². The molecule has 1 aromatic heterocycles. The molecule has 130 valence electrons. The van der Waals surface area contributed by atoms with Gasteiger partial charge in [-0.05, 0) is 24.0 Å². The first-order chi connectivity index (χ1) is 11.5. The van der Waals surface area contributed by atoms with E-state index in [0.717, 1.165) is 23.9 Å². The minimum atomic E-state index is 0.157. The maximum absolute atomic E-state index is 12.6. The number of nitrogens with zero attached hydrogens (tertiary/aromatic N) is 4. The molecular weight excluding hydrogens is 320 g/mol. The molecule has 0 atom stereocenters. The van der Waals surface area contributed by atoms with Crippen LogP contribution in [-0.4, -0.2) is 44.4 Å². The largest absolute Gasteiger partial charge is 0.341 e. The number of hydrogen-bond acceptors (Lipinski definition) is 4. The van der Waals surface area contributed by atoms with Crippen LogP contribution in [0.1, 0.15) is 27.7 Å². The number of para-hydroxylation sites is 1. The second-order valence-corrected chi connectivity index (χ2v) is 7.64. The minimum absolute atomic E-state index is 0.157. The van der Waals surface area contributed by atoms with Crippen LogP contribution in [0.4, 0.5) is 0 Å². The molecule has 1 aromatic carbocycles. The second-order valence-electron chi connectivity index (χ2n) is 6.69. The lowest BCUT2D eigenvalue weighted by Crippen LogP contribution is -2.38. The van der Waals surface area contributed by atoms with Gasteiger partial charge in [-0.3, -0.25) is 9.36 Å². The zero-order valence-electron chi connectivity index (χ0n) is 14.8. The van der Waals surface area contributed by atoms with Crippen LogP contribution in [0.15, 0.2) is 41.8 Å². The Morgan fingerprint density at radius 2 is 1.75 bits per heavy atom. The van der Waals surface area contributed by atoms with Gasteiger partial charge in [-0.25, -0.2) is 0 Å². The van der Waals surface area contributed by atoms with Crippen molar-refractivity contribution in [2.24, 2.45) is 11.8 Å². The van der Waals surface area contributed by atoms with E-state index < -0.39 is 0 Å². The Bertz CT molecular complexity index is 629. The predicted octanol–water partition coefficient (Wildman–Crippen LogP) is 3.50. The van der Waals surface area contributed by atoms with E-state index in [9.17, 15) is 4.79 Å². The van der Waals surface area contributed by atoms with Crippen LogP contribution in [0.5, 0.6) is 0 Å². The zero-order valence-corrected chi connectivity index (χ0v) is 15.7. The average Bonchev–Trinajstić information content (AvgIpc) is 3.00. The molecule has 2 rings (SSSR count). The summed E-state index contributed by atoms with van der Waals surface area (Å²) in [5, 5.41) is 8.88. The molecule has 0 saturated heterocycles. The van der Waals surface area contributed by atoms with Gasteiger partial charge in [-0.15, -0.1) is 10.2 Å². The summed E-state index contributed by atoms with van der Waals surface area (Å²) in [4.78, 5) is 14.6. The summed E-state index contributed by atoms with van der Waals surface area (Å²) in [5.74, 6) is 1.46. The summed E-state index contributed by atoms with van der Waals surface area (Å²) < 4.78 is 1.91. The molecule has 0 bridgehead atoms. The van der Waals surface area contributed by atoms with Gasteiger partial charge in [0.25, 0.3) is 0 Å². The molecule has 6 heteroatoms. The van der Waals surface area contributed by atoms with E-state index in [-0.39, 0.29) is 5.91 Å². The Labute approximate surface area is 148 Å². The molecule has 0 N–H and O–H groups in total. The molecule has 0 aliphatic carbocycles. The molecule has 0 unspecified atom stereocenters. The monoisotopic (exact) mass is 346 g/mol. The predicted molar refractivity (Wildman–Crippen MR) is 98.3 cm³/mol. The van der Waals surface area contributed by atoms with E-state index >= 15 is 0 Å². The maximum atomic E-state index is 12.6. The fourth-order valence-corrected chi connectivity index (χ4v) is 3.30. The van der Waals surface area contributed by atoms with Gasteiger partial charge in [0, 0.05) is 18.8 Å². The fourth-order valence-electron chi connectivity index (χ4n) is 2.47. The molecule has 0 spiro atoms. The lowest BCUT2D eigenvalue weighted by atomic mass is 10.1. The number of carbonyl (C=O) groups is 1. The molecule has 2 aromatic rings. The Hall–Kier alpha value is -1.82. The van der Waals surface area contributed by atoms with Crippen molar-refractivity contribution in [3.63, 3.8) is 0 Å². The summed E-state index contributed by atoms with van der Waals surface area (Å²) in [6.07, 6.45) is 1.68. The summed E-state index contributed by atoms with van der Waals surface area (Å²) in [6, 6.07) is 9.92. The van der Waals surface area contributed by atoms with Crippen LogP contribution in [0.25, 0.3) is 5.69 Å². The van der Waals surface area contributed by atoms with Crippen LogP contribution in [0.3, 0.4) is 0 Å². The van der Waals surface area contributed by atoms with Crippen LogP contribution in [0, 0.1) is 11.8 Å². The zero-order chi connectivity index (χ0) is 17.5. The SMILES string of the molecule is CC(C)CN(CC(C)C)C(=O)CSc1nncn1-c1ccccc1. The number of amides is 1. The van der Waals surface area contributed by atoms with E-state index in [1.165, 1.54) is 11.8 Å². The van der Waals surface area contributed by atoms with Gasteiger partial charge >= 0.3 is 0 Å². The Balaban J connectivity index is 2.02. The van der Waals surface area contributed by atoms with Crippen molar-refractivity contribution < 1.29 is 4.79 Å². The van der Waals surface area contributed by atoms with Crippen molar-refractivity contribution in [2.45, 2.75) is 32.9 Å². The fraction of sp³-hybridized carbons (Fsp3) is 0.500. The second kappa shape index (κ2) is 8.87. The van der Waals surface area contributed by atoms with E-state index in [1.54, 1.807) is 6.33 Å². The standard InChI is InChI=1S/C18H26N4OS/c1-14(2)10-21(11-15(3)4)17(23)12-24-18-20-19-13-22(18)16-8-6-5-7-9-16/h5-9,13-15H,10-12H2,1-4H3. The highest BCUT2D eigenvalue weighted by atomic mass is 32.2. The highest BCUT2D eigenvalue weighted by Crippen LogP contribution is 2.20. The molecule has 24 heavy (non-hydrogen) atoms. The Morgan fingerprint density at radius 1 is 1.12 bits per heavy atom. The van der Waals surface area contributed by atoms with Gasteiger partial charge in [0.05, 0.1) is 5.75 Å². The summed E-state index contributed by atoms with van der Waals surface area (Å²) >= 11 is 1.44. The lowest BCUT2D eigenvalue weighted by molar-refractivity contribution is -0.129. The van der Waals surface area contributed by atoms with Crippen LogP contribution in [0.2, 0.25) is 0 Å². The van der Waals surface area contributed by atoms with E-state index in [0.29, 0.717) is 17.6 Å². The van der Waals surface area contributed by atoms with Gasteiger partial charge in [0.1, 0.15) is 6.33 Å². The third-order valence-corrected chi connectivity index (χ3v) is 4.33. The number of rotatable bonds is 8. The number of thioether (sulfide) groups is 1. The normalized spacial score (nSPS) is 11.2. The lowest BCUT2D eigenvalue weighted by Gasteiger charge is -2.26. The van der Waals surface area contributed by atoms with Gasteiger partial charge in [0.2, 0.25) is 5.91 Å². The Kier molecular flexibility index (Phi) is 6.85. The molecule has 1 heterocycles. The molecule has 5 nitrogen and oxygen atoms in total. The van der Waals surface area contributed by atoms with Crippen LogP contribution in [-0.2, 0) is 4.79 Å². The number of hydrogen-bond donors (Lipinski definition) is 0. The van der Waals surface area contributed by atoms with E-state index in [2.05, 4.69) is 37.9 Å². The number of aromatic nitrogens is 3. The van der Waals surface area contributed by atoms with E-state index in [4.69, 9.17) is 0 Å². The van der Waals surface area contributed by atoms with Gasteiger partial charge < -0.3 is 4.90 Å². The first-order valence-corrected chi connectivity index (χ1v) is 9.32. The molecular formula is C18H26N4OS. The van der Waals surface area contributed by atoms with Gasteiger partial charge in [-0.2, -0.15) is 0 Å². The molecule has 0 aliphatic heterocycles. The highest BCUT2D eigenvalue weighted by Gasteiger charge is 2.18. The smallest absolute Gasteiger partial charge is 0.233 e. The van der Waals surface area contributed by atoms with Crippen LogP contribution < -0.4 is 0 Å². The van der Waals surface area contributed by atoms with E-state index in [1.807, 2.05) is 39.8 Å². The number of carbonyl (C=O) groups excluding carboxylic acids is 1. The van der Waals surface area contributed by atoms with Crippen molar-refractivity contribution in [1.29, 1.82) is 0 Å². The van der Waals surface area contributed by atoms with Gasteiger partial charge in [0.15, 0.2) is 5.16 Å². The van der Waals surface area contributed by atoms with Crippen molar-refractivity contribution in [2.75, 3.05) is 18.8 Å². The molecule has 0 saturated carbocycles. The third-order valence-electron chi connectivity index (χ3n) is 3.40. The molecule has 1 amide bonds. The summed E-state index contributed by atoms with van der Waals surface area (Å²) in [7, 11) is 0. The average molecular weight is 346 g/mol.